The lowest BCUT2D eigenvalue weighted by molar-refractivity contribution is -0.187. The number of rotatable bonds is 2. The highest BCUT2D eigenvalue weighted by molar-refractivity contribution is 5.07. The Morgan fingerprint density at radius 1 is 1.58 bits per heavy atom. The Kier molecular flexibility index (Phi) is 3.35. The topological polar surface area (TPSA) is 29.5 Å². The molecule has 0 aromatic rings. The van der Waals surface area contributed by atoms with Gasteiger partial charge in [0.25, 0.3) is 0 Å². The molecule has 0 amide bonds. The van der Waals surface area contributed by atoms with Crippen LogP contribution in [0.15, 0.2) is 24.0 Å². The van der Waals surface area contributed by atoms with Crippen LogP contribution in [-0.4, -0.2) is 5.26 Å². The average Bonchev–Trinajstić information content (AvgIpc) is 2.06. The lowest BCUT2D eigenvalue weighted by Gasteiger charge is -2.23. The highest BCUT2D eigenvalue weighted by Gasteiger charge is 2.16. The molecule has 1 rings (SSSR count). The summed E-state index contributed by atoms with van der Waals surface area (Å²) in [6.07, 6.45) is 5.94. The van der Waals surface area contributed by atoms with Crippen molar-refractivity contribution in [1.29, 1.82) is 0 Å². The minimum Gasteiger partial charge on any atom is -0.348 e. The Labute approximate surface area is 73.5 Å². The van der Waals surface area contributed by atoms with Gasteiger partial charge < -0.3 is 4.89 Å². The second-order valence-corrected chi connectivity index (χ2v) is 3.49. The number of hydrogen-bond acceptors (Lipinski definition) is 2. The van der Waals surface area contributed by atoms with Gasteiger partial charge in [0, 0.05) is 0 Å². The lowest BCUT2D eigenvalue weighted by atomic mass is 9.83. The molecule has 0 spiro atoms. The maximum atomic E-state index is 8.23. The van der Waals surface area contributed by atoms with E-state index in [1.165, 1.54) is 11.8 Å². The van der Waals surface area contributed by atoms with E-state index in [0.717, 1.165) is 31.3 Å². The van der Waals surface area contributed by atoms with Crippen molar-refractivity contribution in [1.82, 2.24) is 0 Å². The van der Waals surface area contributed by atoms with Crippen LogP contribution in [0.25, 0.3) is 0 Å². The first kappa shape index (κ1) is 9.33. The Morgan fingerprint density at radius 2 is 2.17 bits per heavy atom. The van der Waals surface area contributed by atoms with Gasteiger partial charge in [0.2, 0.25) is 0 Å². The molecule has 0 heterocycles. The third-order valence-corrected chi connectivity index (χ3v) is 2.58. The van der Waals surface area contributed by atoms with E-state index in [0.29, 0.717) is 5.92 Å². The first-order chi connectivity index (χ1) is 5.74. The van der Waals surface area contributed by atoms with E-state index < -0.39 is 0 Å². The molecule has 12 heavy (non-hydrogen) atoms. The molecular weight excluding hydrogens is 152 g/mol. The number of hydrogen-bond donors (Lipinski definition) is 1. The minimum absolute atomic E-state index is 0.572. The third-order valence-electron chi connectivity index (χ3n) is 2.58. The van der Waals surface area contributed by atoms with Crippen molar-refractivity contribution in [2.24, 2.45) is 5.92 Å². The van der Waals surface area contributed by atoms with Gasteiger partial charge in [-0.25, -0.2) is 5.26 Å². The minimum atomic E-state index is 0.572. The summed E-state index contributed by atoms with van der Waals surface area (Å²) >= 11 is 0. The summed E-state index contributed by atoms with van der Waals surface area (Å²) in [5, 5.41) is 8.23. The Bertz CT molecular complexity index is 184. The summed E-state index contributed by atoms with van der Waals surface area (Å²) in [7, 11) is 0. The Morgan fingerprint density at radius 3 is 2.67 bits per heavy atom. The molecule has 0 radical (unpaired) electrons. The second-order valence-electron chi connectivity index (χ2n) is 3.49. The van der Waals surface area contributed by atoms with Gasteiger partial charge in [-0.15, -0.1) is 0 Å². The molecule has 1 fully saturated rings. The molecule has 0 aliphatic heterocycles. The Balaban J connectivity index is 2.44. The quantitative estimate of drug-likeness (QED) is 0.297. The van der Waals surface area contributed by atoms with E-state index in [2.05, 4.69) is 11.5 Å². The van der Waals surface area contributed by atoms with Gasteiger partial charge in [-0.3, -0.25) is 0 Å². The van der Waals surface area contributed by atoms with Gasteiger partial charge in [0.05, 0.1) is 0 Å². The van der Waals surface area contributed by atoms with E-state index in [4.69, 9.17) is 5.26 Å². The molecule has 68 valence electrons. The predicted octanol–water partition coefficient (Wildman–Crippen LogP) is 3.13. The van der Waals surface area contributed by atoms with Crippen LogP contribution in [0.5, 0.6) is 0 Å². The summed E-state index contributed by atoms with van der Waals surface area (Å²) < 4.78 is 0. The molecule has 0 bridgehead atoms. The van der Waals surface area contributed by atoms with Crippen molar-refractivity contribution in [3.05, 3.63) is 24.0 Å². The van der Waals surface area contributed by atoms with E-state index in [1.807, 2.05) is 6.92 Å². The van der Waals surface area contributed by atoms with Crippen LogP contribution >= 0.6 is 0 Å². The van der Waals surface area contributed by atoms with Crippen LogP contribution in [-0.2, 0) is 4.89 Å². The molecule has 0 aromatic carbocycles. The molecule has 2 heteroatoms. The first-order valence-electron chi connectivity index (χ1n) is 4.37. The zero-order valence-electron chi connectivity index (χ0n) is 7.55. The molecule has 0 aromatic heterocycles. The van der Waals surface area contributed by atoms with Crippen LogP contribution in [0.2, 0.25) is 0 Å². The normalized spacial score (nSPS) is 21.2. The summed E-state index contributed by atoms with van der Waals surface area (Å²) in [5.74, 6) is 0.572. The molecule has 1 aliphatic rings. The van der Waals surface area contributed by atoms with Gasteiger partial charge in [-0.2, -0.15) is 0 Å². The molecule has 2 nitrogen and oxygen atoms in total. The van der Waals surface area contributed by atoms with Gasteiger partial charge in [-0.1, -0.05) is 12.2 Å². The summed E-state index contributed by atoms with van der Waals surface area (Å²) in [4.78, 5) is 4.00. The molecule has 1 N–H and O–H groups in total. The fraction of sp³-hybridized carbons (Fsp3) is 0.600. The average molecular weight is 168 g/mol. The van der Waals surface area contributed by atoms with E-state index in [9.17, 15) is 0 Å². The molecule has 0 unspecified atom stereocenters. The van der Waals surface area contributed by atoms with Crippen molar-refractivity contribution in [2.75, 3.05) is 0 Å². The summed E-state index contributed by atoms with van der Waals surface area (Å²) in [6, 6.07) is 0. The maximum Gasteiger partial charge on any atom is 0.128 e. The monoisotopic (exact) mass is 168 g/mol. The third kappa shape index (κ3) is 2.38. The lowest BCUT2D eigenvalue weighted by Crippen LogP contribution is -2.08. The standard InChI is InChI=1S/C10H16O2/c1-8-3-5-10(6-4-8)9(2)7-12-11/h7,10-11H,1,3-6H2,2H3/b9-7+. The second kappa shape index (κ2) is 4.31. The van der Waals surface area contributed by atoms with Crippen molar-refractivity contribution in [2.45, 2.75) is 32.6 Å². The zero-order chi connectivity index (χ0) is 8.97. The van der Waals surface area contributed by atoms with Crippen molar-refractivity contribution in [3.8, 4) is 0 Å². The van der Waals surface area contributed by atoms with Crippen molar-refractivity contribution < 1.29 is 10.1 Å². The molecule has 0 saturated heterocycles. The van der Waals surface area contributed by atoms with Crippen molar-refractivity contribution in [3.63, 3.8) is 0 Å². The smallest absolute Gasteiger partial charge is 0.128 e. The largest absolute Gasteiger partial charge is 0.348 e. The van der Waals surface area contributed by atoms with Gasteiger partial charge in [-0.05, 0) is 44.1 Å². The molecular formula is C10H16O2. The molecule has 1 aliphatic carbocycles. The van der Waals surface area contributed by atoms with Crippen LogP contribution in [0, 0.1) is 5.92 Å². The van der Waals surface area contributed by atoms with Crippen LogP contribution < -0.4 is 0 Å². The van der Waals surface area contributed by atoms with Gasteiger partial charge in [0.15, 0.2) is 0 Å². The predicted molar refractivity (Wildman–Crippen MR) is 48.6 cm³/mol. The highest BCUT2D eigenvalue weighted by Crippen LogP contribution is 2.31. The first-order valence-corrected chi connectivity index (χ1v) is 4.37. The Hall–Kier alpha value is -0.760. The summed E-state index contributed by atoms with van der Waals surface area (Å²) in [6.45, 7) is 5.95. The van der Waals surface area contributed by atoms with Crippen LogP contribution in [0.1, 0.15) is 32.6 Å². The van der Waals surface area contributed by atoms with E-state index in [1.54, 1.807) is 0 Å². The van der Waals surface area contributed by atoms with Crippen LogP contribution in [0.4, 0.5) is 0 Å². The number of allylic oxidation sites excluding steroid dienone is 2. The maximum absolute atomic E-state index is 8.23. The SMILES string of the molecule is C=C1CCC(/C(C)=C/OO)CC1. The van der Waals surface area contributed by atoms with E-state index in [-0.39, 0.29) is 0 Å². The fourth-order valence-corrected chi connectivity index (χ4v) is 1.66. The van der Waals surface area contributed by atoms with Gasteiger partial charge in [0.1, 0.15) is 6.26 Å². The van der Waals surface area contributed by atoms with Gasteiger partial charge >= 0.3 is 0 Å². The fourth-order valence-electron chi connectivity index (χ4n) is 1.66. The van der Waals surface area contributed by atoms with Crippen LogP contribution in [0.3, 0.4) is 0 Å². The van der Waals surface area contributed by atoms with E-state index >= 15 is 0 Å². The zero-order valence-corrected chi connectivity index (χ0v) is 7.55. The summed E-state index contributed by atoms with van der Waals surface area (Å²) in [5.41, 5.74) is 2.48. The highest BCUT2D eigenvalue weighted by atomic mass is 17.1. The molecule has 1 saturated carbocycles. The molecule has 0 atom stereocenters. The van der Waals surface area contributed by atoms with Crippen molar-refractivity contribution >= 4 is 0 Å².